The molecule has 0 radical (unpaired) electrons. The van der Waals surface area contributed by atoms with Gasteiger partial charge in [-0.25, -0.2) is 0 Å². The minimum absolute atomic E-state index is 0.475. The Morgan fingerprint density at radius 2 is 0.560 bits per heavy atom. The predicted molar refractivity (Wildman–Crippen MR) is 214 cm³/mol. The average molecular weight is 705 g/mol. The first-order valence-electron chi connectivity index (χ1n) is 20.5. The molecule has 0 spiro atoms. The molecule has 278 valence electrons. The van der Waals surface area contributed by atoms with Gasteiger partial charge in [-0.05, 0) is 91.6 Å². The van der Waals surface area contributed by atoms with Gasteiger partial charge in [-0.15, -0.1) is 0 Å². The third-order valence-electron chi connectivity index (χ3n) is 9.63. The number of aryl methyl sites for hydroxylation is 3. The fourth-order valence-corrected chi connectivity index (χ4v) is 7.70. The molecule has 0 saturated heterocycles. The van der Waals surface area contributed by atoms with Gasteiger partial charge in [0.25, 0.3) is 0 Å². The summed E-state index contributed by atoms with van der Waals surface area (Å²) in [7, 11) is -4.05. The van der Waals surface area contributed by atoms with Crippen molar-refractivity contribution in [3.05, 3.63) is 89.5 Å². The molecule has 0 atom stereocenters. The summed E-state index contributed by atoms with van der Waals surface area (Å²) in [5.74, 6) is 1.42. The van der Waals surface area contributed by atoms with Crippen LogP contribution in [0.5, 0.6) is 17.2 Å². The Morgan fingerprint density at radius 1 is 0.340 bits per heavy atom. The largest absolute Gasteiger partial charge is 0.647 e. The Bertz CT molecular complexity index is 1130. The Morgan fingerprint density at radius 3 is 0.800 bits per heavy atom. The third-order valence-corrected chi connectivity index (χ3v) is 10.9. The van der Waals surface area contributed by atoms with Crippen molar-refractivity contribution in [1.82, 2.24) is 0 Å². The Kier molecular flexibility index (Phi) is 21.8. The number of unbranched alkanes of at least 4 members (excludes halogenated alkanes) is 18. The SMILES string of the molecule is CCCCCCCCCc1ccc(OP(=O)(Oc2ccc(CCCCCCCCC)cc2)Oc2ccc(CCCCCCCCC)cc2)cc1. The summed E-state index contributed by atoms with van der Waals surface area (Å²) in [4.78, 5) is 0. The van der Waals surface area contributed by atoms with Gasteiger partial charge in [-0.1, -0.05) is 173 Å². The maximum absolute atomic E-state index is 14.3. The molecule has 0 aliphatic rings. The van der Waals surface area contributed by atoms with Crippen molar-refractivity contribution in [2.45, 2.75) is 175 Å². The predicted octanol–water partition coefficient (Wildman–Crippen LogP) is 15.2. The molecule has 50 heavy (non-hydrogen) atoms. The zero-order chi connectivity index (χ0) is 35.5. The van der Waals surface area contributed by atoms with Gasteiger partial charge in [-0.3, -0.25) is 0 Å². The molecule has 3 rings (SSSR count). The van der Waals surface area contributed by atoms with Gasteiger partial charge in [0.15, 0.2) is 0 Å². The van der Waals surface area contributed by atoms with Crippen molar-refractivity contribution >= 4 is 7.82 Å². The normalized spacial score (nSPS) is 11.5. The van der Waals surface area contributed by atoms with E-state index in [-0.39, 0.29) is 0 Å². The maximum Gasteiger partial charge on any atom is 0.647 e. The minimum Gasteiger partial charge on any atom is -0.386 e. The lowest BCUT2D eigenvalue weighted by atomic mass is 10.0. The van der Waals surface area contributed by atoms with E-state index in [0.717, 1.165) is 19.3 Å². The molecule has 4 nitrogen and oxygen atoms in total. The zero-order valence-corrected chi connectivity index (χ0v) is 32.9. The summed E-state index contributed by atoms with van der Waals surface area (Å²) >= 11 is 0. The van der Waals surface area contributed by atoms with Crippen LogP contribution in [-0.2, 0) is 23.8 Å². The van der Waals surface area contributed by atoms with Crippen LogP contribution >= 0.6 is 7.82 Å². The summed E-state index contributed by atoms with van der Waals surface area (Å²) in [6.07, 6.45) is 30.3. The van der Waals surface area contributed by atoms with Crippen molar-refractivity contribution in [2.24, 2.45) is 0 Å². The van der Waals surface area contributed by atoms with Crippen molar-refractivity contribution in [3.8, 4) is 17.2 Å². The fraction of sp³-hybridized carbons (Fsp3) is 0.600. The smallest absolute Gasteiger partial charge is 0.386 e. The summed E-state index contributed by atoms with van der Waals surface area (Å²) in [6.45, 7) is 6.78. The quantitative estimate of drug-likeness (QED) is 0.0512. The van der Waals surface area contributed by atoms with E-state index in [2.05, 4.69) is 57.2 Å². The highest BCUT2D eigenvalue weighted by molar-refractivity contribution is 7.49. The van der Waals surface area contributed by atoms with Gasteiger partial charge in [0.05, 0.1) is 0 Å². The van der Waals surface area contributed by atoms with Gasteiger partial charge >= 0.3 is 7.82 Å². The van der Waals surface area contributed by atoms with E-state index in [4.69, 9.17) is 13.6 Å². The molecule has 0 aromatic heterocycles. The lowest BCUT2D eigenvalue weighted by molar-refractivity contribution is 0.298. The first kappa shape index (κ1) is 41.7. The summed E-state index contributed by atoms with van der Waals surface area (Å²) < 4.78 is 32.4. The number of hydrogen-bond donors (Lipinski definition) is 0. The third kappa shape index (κ3) is 18.5. The number of hydrogen-bond acceptors (Lipinski definition) is 4. The van der Waals surface area contributed by atoms with E-state index in [1.807, 2.05) is 36.4 Å². The first-order chi connectivity index (χ1) is 24.5. The van der Waals surface area contributed by atoms with E-state index in [0.29, 0.717) is 17.2 Å². The molecular weight excluding hydrogens is 635 g/mol. The van der Waals surface area contributed by atoms with E-state index < -0.39 is 7.82 Å². The molecule has 0 N–H and O–H groups in total. The van der Waals surface area contributed by atoms with E-state index in [1.54, 1.807) is 0 Å². The molecule has 0 aliphatic carbocycles. The molecule has 0 aliphatic heterocycles. The van der Waals surface area contributed by atoms with Crippen LogP contribution in [0.2, 0.25) is 0 Å². The molecule has 0 heterocycles. The summed E-state index contributed by atoms with van der Waals surface area (Å²) in [5, 5.41) is 0. The van der Waals surface area contributed by atoms with Crippen LogP contribution in [0.3, 0.4) is 0 Å². The van der Waals surface area contributed by atoms with Crippen LogP contribution in [0.4, 0.5) is 0 Å². The number of benzene rings is 3. The van der Waals surface area contributed by atoms with Gasteiger partial charge in [0.2, 0.25) is 0 Å². The molecule has 0 saturated carbocycles. The molecule has 3 aromatic rings. The second-order valence-corrected chi connectivity index (χ2v) is 15.7. The van der Waals surface area contributed by atoms with Crippen LogP contribution in [0.1, 0.15) is 172 Å². The first-order valence-corrected chi connectivity index (χ1v) is 21.9. The molecular formula is C45H69O4P. The Balaban J connectivity index is 1.58. The number of phosphoric ester groups is 1. The van der Waals surface area contributed by atoms with Gasteiger partial charge in [0, 0.05) is 0 Å². The molecule has 0 amide bonds. The molecule has 5 heteroatoms. The Labute approximate surface area is 306 Å². The Hall–Kier alpha value is -2.71. The molecule has 3 aromatic carbocycles. The van der Waals surface area contributed by atoms with Crippen LogP contribution in [0.15, 0.2) is 72.8 Å². The maximum atomic E-state index is 14.3. The van der Waals surface area contributed by atoms with E-state index >= 15 is 0 Å². The van der Waals surface area contributed by atoms with Gasteiger partial charge < -0.3 is 13.6 Å². The second-order valence-electron chi connectivity index (χ2n) is 14.3. The van der Waals surface area contributed by atoms with Gasteiger partial charge in [-0.2, -0.15) is 4.57 Å². The van der Waals surface area contributed by atoms with Crippen LogP contribution in [0.25, 0.3) is 0 Å². The van der Waals surface area contributed by atoms with Crippen LogP contribution in [-0.4, -0.2) is 0 Å². The fourth-order valence-electron chi connectivity index (χ4n) is 6.45. The highest BCUT2D eigenvalue weighted by Gasteiger charge is 2.33. The van der Waals surface area contributed by atoms with E-state index in [1.165, 1.54) is 152 Å². The summed E-state index contributed by atoms with van der Waals surface area (Å²) in [6, 6.07) is 23.7. The molecule has 0 unspecified atom stereocenters. The highest BCUT2D eigenvalue weighted by Crippen LogP contribution is 2.50. The van der Waals surface area contributed by atoms with Crippen molar-refractivity contribution in [1.29, 1.82) is 0 Å². The number of rotatable bonds is 30. The lowest BCUT2D eigenvalue weighted by Gasteiger charge is -2.20. The van der Waals surface area contributed by atoms with Gasteiger partial charge in [0.1, 0.15) is 17.2 Å². The van der Waals surface area contributed by atoms with Crippen LogP contribution in [0, 0.1) is 0 Å². The molecule has 0 bridgehead atoms. The van der Waals surface area contributed by atoms with Crippen molar-refractivity contribution < 1.29 is 18.1 Å². The second kappa shape index (κ2) is 26.1. The van der Waals surface area contributed by atoms with Crippen molar-refractivity contribution in [3.63, 3.8) is 0 Å². The van der Waals surface area contributed by atoms with Crippen molar-refractivity contribution in [2.75, 3.05) is 0 Å². The molecule has 0 fully saturated rings. The lowest BCUT2D eigenvalue weighted by Crippen LogP contribution is -2.08. The summed E-state index contributed by atoms with van der Waals surface area (Å²) in [5.41, 5.74) is 3.78. The average Bonchev–Trinajstić information content (AvgIpc) is 3.12. The monoisotopic (exact) mass is 704 g/mol. The number of phosphoric acid groups is 1. The highest BCUT2D eigenvalue weighted by atomic mass is 31.2. The standard InChI is InChI=1S/C45H69O4P/c1-4-7-10-13-16-19-22-25-40-28-34-43(35-29-40)47-50(46,48-44-36-30-41(31-37-44)26-23-20-17-14-11-8-5-2)49-45-38-32-42(33-39-45)27-24-21-18-15-12-9-6-3/h28-39H,4-27H2,1-3H3. The zero-order valence-electron chi connectivity index (χ0n) is 32.0. The topological polar surface area (TPSA) is 44.8 Å². The minimum atomic E-state index is -4.05. The van der Waals surface area contributed by atoms with E-state index in [9.17, 15) is 4.57 Å². The van der Waals surface area contributed by atoms with Crippen LogP contribution < -0.4 is 13.6 Å².